The molecule has 1 aliphatic rings. The molecule has 0 spiro atoms. The van der Waals surface area contributed by atoms with E-state index in [-0.39, 0.29) is 30.0 Å². The third kappa shape index (κ3) is 6.03. The van der Waals surface area contributed by atoms with Crippen LogP contribution in [0.5, 0.6) is 0 Å². The number of nitrogens with zero attached hydrogens (tertiary/aromatic N) is 4. The Morgan fingerprint density at radius 2 is 1.75 bits per heavy atom. The fourth-order valence-electron chi connectivity index (χ4n) is 3.47. The quantitative estimate of drug-likeness (QED) is 0.708. The lowest BCUT2D eigenvalue weighted by Crippen LogP contribution is -2.57. The summed E-state index contributed by atoms with van der Waals surface area (Å²) < 4.78 is 5.30. The monoisotopic (exact) mass is 439 g/mol. The molecule has 3 amide bonds. The van der Waals surface area contributed by atoms with Crippen LogP contribution in [-0.4, -0.2) is 69.9 Å². The summed E-state index contributed by atoms with van der Waals surface area (Å²) in [6.07, 6.45) is 4.53. The van der Waals surface area contributed by atoms with E-state index in [9.17, 15) is 14.4 Å². The van der Waals surface area contributed by atoms with Crippen molar-refractivity contribution in [2.24, 2.45) is 5.92 Å². The largest absolute Gasteiger partial charge is 0.445 e. The molecule has 0 saturated carbocycles. The van der Waals surface area contributed by atoms with E-state index in [2.05, 4.69) is 15.3 Å². The first kappa shape index (κ1) is 23.2. The van der Waals surface area contributed by atoms with Crippen LogP contribution in [0, 0.1) is 5.92 Å². The van der Waals surface area contributed by atoms with Gasteiger partial charge in [0.2, 0.25) is 5.91 Å². The fourth-order valence-corrected chi connectivity index (χ4v) is 3.47. The van der Waals surface area contributed by atoms with Crippen LogP contribution >= 0.6 is 0 Å². The lowest BCUT2D eigenvalue weighted by atomic mass is 9.97. The van der Waals surface area contributed by atoms with Gasteiger partial charge in [0.1, 0.15) is 18.3 Å². The number of hydrogen-bond acceptors (Lipinski definition) is 6. The van der Waals surface area contributed by atoms with E-state index in [1.165, 1.54) is 18.6 Å². The summed E-state index contributed by atoms with van der Waals surface area (Å²) in [5.74, 6) is -0.431. The second kappa shape index (κ2) is 11.2. The van der Waals surface area contributed by atoms with Crippen LogP contribution in [0.2, 0.25) is 0 Å². The molecular formula is C23H29N5O4. The topological polar surface area (TPSA) is 105 Å². The van der Waals surface area contributed by atoms with E-state index in [0.717, 1.165) is 12.0 Å². The number of carbonyl (C=O) groups is 3. The van der Waals surface area contributed by atoms with E-state index in [0.29, 0.717) is 26.2 Å². The summed E-state index contributed by atoms with van der Waals surface area (Å²) in [6, 6.07) is 8.68. The predicted octanol–water partition coefficient (Wildman–Crippen LogP) is 2.10. The van der Waals surface area contributed by atoms with Crippen molar-refractivity contribution in [3.05, 3.63) is 60.2 Å². The Bertz CT molecular complexity index is 901. The van der Waals surface area contributed by atoms with Gasteiger partial charge in [0.25, 0.3) is 5.91 Å². The zero-order valence-corrected chi connectivity index (χ0v) is 18.4. The minimum absolute atomic E-state index is 0.0639. The van der Waals surface area contributed by atoms with E-state index < -0.39 is 12.1 Å². The van der Waals surface area contributed by atoms with Crippen LogP contribution in [0.4, 0.5) is 4.79 Å². The lowest BCUT2D eigenvalue weighted by molar-refractivity contribution is -0.136. The van der Waals surface area contributed by atoms with Crippen LogP contribution in [0.25, 0.3) is 0 Å². The number of rotatable bonds is 7. The van der Waals surface area contributed by atoms with Crippen molar-refractivity contribution >= 4 is 17.9 Å². The van der Waals surface area contributed by atoms with Gasteiger partial charge < -0.3 is 19.9 Å². The highest BCUT2D eigenvalue weighted by Crippen LogP contribution is 2.14. The van der Waals surface area contributed by atoms with Gasteiger partial charge in [-0.15, -0.1) is 0 Å². The van der Waals surface area contributed by atoms with Crippen LogP contribution in [0.3, 0.4) is 0 Å². The number of ether oxygens (including phenoxy) is 1. The van der Waals surface area contributed by atoms with Gasteiger partial charge in [0, 0.05) is 38.6 Å². The van der Waals surface area contributed by atoms with Gasteiger partial charge in [-0.2, -0.15) is 0 Å². The molecule has 1 saturated heterocycles. The number of alkyl carbamates (subject to hydrolysis) is 1. The summed E-state index contributed by atoms with van der Waals surface area (Å²) in [5.41, 5.74) is 1.16. The summed E-state index contributed by atoms with van der Waals surface area (Å²) in [4.78, 5) is 49.4. The number of aromatic nitrogens is 2. The van der Waals surface area contributed by atoms with Crippen molar-refractivity contribution in [2.45, 2.75) is 32.9 Å². The fraction of sp³-hybridized carbons (Fsp3) is 0.435. The molecule has 1 fully saturated rings. The lowest BCUT2D eigenvalue weighted by Gasteiger charge is -2.37. The van der Waals surface area contributed by atoms with Crippen LogP contribution in [0.15, 0.2) is 48.9 Å². The van der Waals surface area contributed by atoms with Crippen molar-refractivity contribution in [1.29, 1.82) is 0 Å². The molecule has 3 rings (SSSR count). The average Bonchev–Trinajstić information content (AvgIpc) is 2.86. The highest BCUT2D eigenvalue weighted by Gasteiger charge is 2.33. The second-order valence-corrected chi connectivity index (χ2v) is 7.78. The predicted molar refractivity (Wildman–Crippen MR) is 118 cm³/mol. The summed E-state index contributed by atoms with van der Waals surface area (Å²) in [6.45, 7) is 5.60. The maximum atomic E-state index is 13.2. The molecule has 1 aliphatic heterocycles. The minimum Gasteiger partial charge on any atom is -0.445 e. The average molecular weight is 440 g/mol. The van der Waals surface area contributed by atoms with Crippen molar-refractivity contribution in [3.8, 4) is 0 Å². The van der Waals surface area contributed by atoms with Gasteiger partial charge in [-0.3, -0.25) is 14.6 Å². The summed E-state index contributed by atoms with van der Waals surface area (Å²) in [7, 11) is 0. The molecule has 1 N–H and O–H groups in total. The van der Waals surface area contributed by atoms with Crippen molar-refractivity contribution in [3.63, 3.8) is 0 Å². The molecule has 1 aromatic carbocycles. The van der Waals surface area contributed by atoms with Crippen LogP contribution < -0.4 is 5.32 Å². The highest BCUT2D eigenvalue weighted by molar-refractivity contribution is 5.92. The SMILES string of the molecule is CC[C@H](C)[C@H](NC(=O)OCc1ccccc1)C(=O)N1CCN(C(=O)c2cnccn2)CC1. The number of piperazine rings is 1. The van der Waals surface area contributed by atoms with Gasteiger partial charge in [-0.05, 0) is 11.5 Å². The molecule has 0 aliphatic carbocycles. The number of amides is 3. The molecule has 0 radical (unpaired) electrons. The van der Waals surface area contributed by atoms with Gasteiger partial charge in [0.15, 0.2) is 0 Å². The molecule has 2 atom stereocenters. The van der Waals surface area contributed by atoms with E-state index in [1.54, 1.807) is 9.80 Å². The molecule has 0 bridgehead atoms. The Kier molecular flexibility index (Phi) is 8.13. The molecule has 0 unspecified atom stereocenters. The maximum Gasteiger partial charge on any atom is 0.408 e. The number of benzene rings is 1. The first-order chi connectivity index (χ1) is 15.5. The first-order valence-corrected chi connectivity index (χ1v) is 10.8. The Morgan fingerprint density at radius 3 is 2.38 bits per heavy atom. The number of carbonyl (C=O) groups excluding carboxylic acids is 3. The van der Waals surface area contributed by atoms with Crippen molar-refractivity contribution < 1.29 is 19.1 Å². The van der Waals surface area contributed by atoms with Crippen LogP contribution in [-0.2, 0) is 16.1 Å². The number of nitrogens with one attached hydrogen (secondary N) is 1. The Balaban J connectivity index is 1.55. The zero-order chi connectivity index (χ0) is 22.9. The van der Waals surface area contributed by atoms with Crippen molar-refractivity contribution in [1.82, 2.24) is 25.1 Å². The van der Waals surface area contributed by atoms with E-state index >= 15 is 0 Å². The molecule has 2 heterocycles. The molecule has 170 valence electrons. The first-order valence-electron chi connectivity index (χ1n) is 10.8. The Morgan fingerprint density at radius 1 is 1.06 bits per heavy atom. The molecular weight excluding hydrogens is 410 g/mol. The van der Waals surface area contributed by atoms with Crippen LogP contribution in [0.1, 0.15) is 36.3 Å². The Hall–Kier alpha value is -3.49. The third-order valence-electron chi connectivity index (χ3n) is 5.63. The molecule has 1 aromatic heterocycles. The molecule has 9 heteroatoms. The highest BCUT2D eigenvalue weighted by atomic mass is 16.5. The summed E-state index contributed by atoms with van der Waals surface area (Å²) in [5, 5.41) is 2.74. The van der Waals surface area contributed by atoms with Gasteiger partial charge >= 0.3 is 6.09 Å². The van der Waals surface area contributed by atoms with Crippen molar-refractivity contribution in [2.75, 3.05) is 26.2 Å². The standard InChI is InChI=1S/C23H29N5O4/c1-3-17(2)20(26-23(31)32-16-18-7-5-4-6-8-18)22(30)28-13-11-27(12-14-28)21(29)19-15-24-9-10-25-19/h4-10,15,17,20H,3,11-14,16H2,1-2H3,(H,26,31)/t17-,20-/m0/s1. The number of hydrogen-bond donors (Lipinski definition) is 1. The molecule has 32 heavy (non-hydrogen) atoms. The van der Waals surface area contributed by atoms with E-state index in [1.807, 2.05) is 44.2 Å². The molecule has 2 aromatic rings. The Labute approximate surface area is 187 Å². The molecule has 9 nitrogen and oxygen atoms in total. The zero-order valence-electron chi connectivity index (χ0n) is 18.4. The third-order valence-corrected chi connectivity index (χ3v) is 5.63. The van der Waals surface area contributed by atoms with Gasteiger partial charge in [0.05, 0.1) is 6.20 Å². The maximum absolute atomic E-state index is 13.2. The second-order valence-electron chi connectivity index (χ2n) is 7.78. The van der Waals surface area contributed by atoms with Gasteiger partial charge in [-0.25, -0.2) is 9.78 Å². The van der Waals surface area contributed by atoms with Gasteiger partial charge in [-0.1, -0.05) is 50.6 Å². The smallest absolute Gasteiger partial charge is 0.408 e. The summed E-state index contributed by atoms with van der Waals surface area (Å²) >= 11 is 0. The van der Waals surface area contributed by atoms with E-state index in [4.69, 9.17) is 4.74 Å². The minimum atomic E-state index is -0.689. The normalized spacial score (nSPS) is 15.6.